The molecule has 1 nitrogen and oxygen atoms in total. The van der Waals surface area contributed by atoms with E-state index in [0.29, 0.717) is 0 Å². The molecule has 1 aliphatic rings. The van der Waals surface area contributed by atoms with Crippen LogP contribution in [-0.2, 0) is 5.41 Å². The summed E-state index contributed by atoms with van der Waals surface area (Å²) in [6.45, 7) is 4.57. The van der Waals surface area contributed by atoms with Crippen molar-refractivity contribution in [2.75, 3.05) is 5.32 Å². The van der Waals surface area contributed by atoms with Crippen LogP contribution in [0.4, 0.5) is 15.8 Å². The number of rotatable bonds is 2. The molecule has 0 heterocycles. The summed E-state index contributed by atoms with van der Waals surface area (Å²) in [4.78, 5) is 0. The molecule has 4 aromatic carbocycles. The standard InChI is InChI=1S/C25H20FN/c1-25(2)23-6-4-3-5-21(23)22-12-11-20(15-24(22)25)27-19-10-8-16-13-18(26)9-7-17(16)14-19/h3-15,27H,1-2H3. The van der Waals surface area contributed by atoms with E-state index in [1.54, 1.807) is 6.07 Å². The van der Waals surface area contributed by atoms with E-state index in [1.165, 1.54) is 28.3 Å². The molecule has 0 radical (unpaired) electrons. The Hall–Kier alpha value is -3.13. The molecule has 0 aromatic heterocycles. The van der Waals surface area contributed by atoms with Gasteiger partial charge in [-0.15, -0.1) is 0 Å². The molecule has 132 valence electrons. The molecule has 0 fully saturated rings. The summed E-state index contributed by atoms with van der Waals surface area (Å²) in [5, 5.41) is 5.44. The van der Waals surface area contributed by atoms with E-state index in [2.05, 4.69) is 67.7 Å². The van der Waals surface area contributed by atoms with Gasteiger partial charge >= 0.3 is 0 Å². The zero-order valence-corrected chi connectivity index (χ0v) is 15.4. The van der Waals surface area contributed by atoms with Gasteiger partial charge < -0.3 is 5.32 Å². The van der Waals surface area contributed by atoms with Gasteiger partial charge in [-0.2, -0.15) is 0 Å². The van der Waals surface area contributed by atoms with Gasteiger partial charge in [-0.25, -0.2) is 4.39 Å². The third kappa shape index (κ3) is 2.52. The predicted octanol–water partition coefficient (Wildman–Crippen LogP) is 7.03. The van der Waals surface area contributed by atoms with Crippen LogP contribution in [0.25, 0.3) is 21.9 Å². The third-order valence-electron chi connectivity index (χ3n) is 5.67. The van der Waals surface area contributed by atoms with Crippen LogP contribution < -0.4 is 5.32 Å². The minimum absolute atomic E-state index is 0.00940. The first-order valence-corrected chi connectivity index (χ1v) is 9.23. The maximum absolute atomic E-state index is 13.4. The second-order valence-electron chi connectivity index (χ2n) is 7.76. The highest BCUT2D eigenvalue weighted by atomic mass is 19.1. The fraction of sp³-hybridized carbons (Fsp3) is 0.120. The van der Waals surface area contributed by atoms with Gasteiger partial charge in [0.25, 0.3) is 0 Å². The second kappa shape index (κ2) is 5.68. The van der Waals surface area contributed by atoms with Gasteiger partial charge in [0.2, 0.25) is 0 Å². The molecule has 0 unspecified atom stereocenters. The lowest BCUT2D eigenvalue weighted by atomic mass is 9.82. The molecule has 0 spiro atoms. The molecule has 1 aliphatic carbocycles. The van der Waals surface area contributed by atoms with Crippen molar-refractivity contribution in [2.45, 2.75) is 19.3 Å². The van der Waals surface area contributed by atoms with Crippen LogP contribution in [0.1, 0.15) is 25.0 Å². The molecule has 0 atom stereocenters. The molecular weight excluding hydrogens is 333 g/mol. The molecule has 0 saturated carbocycles. The van der Waals surface area contributed by atoms with Crippen LogP contribution in [0, 0.1) is 5.82 Å². The monoisotopic (exact) mass is 353 g/mol. The van der Waals surface area contributed by atoms with Crippen LogP contribution in [0.5, 0.6) is 0 Å². The summed E-state index contributed by atoms with van der Waals surface area (Å²) >= 11 is 0. The van der Waals surface area contributed by atoms with Gasteiger partial charge in [-0.3, -0.25) is 0 Å². The molecule has 0 bridgehead atoms. The number of benzene rings is 4. The Labute approximate surface area is 158 Å². The minimum atomic E-state index is -0.205. The fourth-order valence-corrected chi connectivity index (χ4v) is 4.24. The van der Waals surface area contributed by atoms with Crippen molar-refractivity contribution in [3.63, 3.8) is 0 Å². The fourth-order valence-electron chi connectivity index (χ4n) is 4.24. The van der Waals surface area contributed by atoms with Gasteiger partial charge in [0.15, 0.2) is 0 Å². The normalized spacial score (nSPS) is 14.0. The molecule has 2 heteroatoms. The Balaban J connectivity index is 1.53. The van der Waals surface area contributed by atoms with Crippen molar-refractivity contribution in [1.82, 2.24) is 0 Å². The summed E-state index contributed by atoms with van der Waals surface area (Å²) in [5.74, 6) is -0.205. The maximum atomic E-state index is 13.4. The first kappa shape index (κ1) is 16.1. The van der Waals surface area contributed by atoms with Gasteiger partial charge in [0.1, 0.15) is 5.82 Å². The number of nitrogens with one attached hydrogen (secondary N) is 1. The van der Waals surface area contributed by atoms with Crippen molar-refractivity contribution in [2.24, 2.45) is 0 Å². The summed E-state index contributed by atoms with van der Waals surface area (Å²) < 4.78 is 13.4. The van der Waals surface area contributed by atoms with Crippen molar-refractivity contribution in [3.05, 3.63) is 95.8 Å². The van der Waals surface area contributed by atoms with Gasteiger partial charge in [0.05, 0.1) is 0 Å². The number of halogens is 1. The van der Waals surface area contributed by atoms with E-state index in [1.807, 2.05) is 18.2 Å². The predicted molar refractivity (Wildman–Crippen MR) is 111 cm³/mol. The lowest BCUT2D eigenvalue weighted by molar-refractivity contribution is 0.630. The van der Waals surface area contributed by atoms with Gasteiger partial charge in [0, 0.05) is 16.8 Å². The quantitative estimate of drug-likeness (QED) is 0.408. The van der Waals surface area contributed by atoms with Crippen molar-refractivity contribution in [1.29, 1.82) is 0 Å². The largest absolute Gasteiger partial charge is 0.355 e. The molecule has 4 aromatic rings. The Kier molecular flexibility index (Phi) is 3.38. The highest BCUT2D eigenvalue weighted by molar-refractivity contribution is 5.87. The van der Waals surface area contributed by atoms with Crippen LogP contribution in [-0.4, -0.2) is 0 Å². The summed E-state index contributed by atoms with van der Waals surface area (Å²) in [5.41, 5.74) is 7.43. The Morgan fingerprint density at radius 2 is 1.33 bits per heavy atom. The SMILES string of the molecule is CC1(C)c2ccccc2-c2ccc(Nc3ccc4cc(F)ccc4c3)cc21. The highest BCUT2D eigenvalue weighted by Gasteiger charge is 2.35. The average molecular weight is 353 g/mol. The second-order valence-corrected chi connectivity index (χ2v) is 7.76. The van der Waals surface area contributed by atoms with Crippen LogP contribution >= 0.6 is 0 Å². The van der Waals surface area contributed by atoms with Crippen LogP contribution in [0.15, 0.2) is 78.9 Å². The molecule has 0 amide bonds. The van der Waals surface area contributed by atoms with Crippen LogP contribution in [0.2, 0.25) is 0 Å². The molecule has 0 aliphatic heterocycles. The first-order valence-electron chi connectivity index (χ1n) is 9.23. The van der Waals surface area contributed by atoms with Crippen LogP contribution in [0.3, 0.4) is 0 Å². The highest BCUT2D eigenvalue weighted by Crippen LogP contribution is 2.49. The summed E-state index contributed by atoms with van der Waals surface area (Å²) in [6.07, 6.45) is 0. The molecular formula is C25H20FN. The third-order valence-corrected chi connectivity index (χ3v) is 5.67. The lowest BCUT2D eigenvalue weighted by Crippen LogP contribution is -2.15. The smallest absolute Gasteiger partial charge is 0.123 e. The summed E-state index contributed by atoms with van der Waals surface area (Å²) in [6, 6.07) is 26.1. The summed E-state index contributed by atoms with van der Waals surface area (Å²) in [7, 11) is 0. The molecule has 1 N–H and O–H groups in total. The topological polar surface area (TPSA) is 12.0 Å². The van der Waals surface area contributed by atoms with Crippen molar-refractivity contribution in [3.8, 4) is 11.1 Å². The van der Waals surface area contributed by atoms with Crippen molar-refractivity contribution < 1.29 is 4.39 Å². The number of hydrogen-bond acceptors (Lipinski definition) is 1. The van der Waals surface area contributed by atoms with E-state index < -0.39 is 0 Å². The van der Waals surface area contributed by atoms with E-state index in [0.717, 1.165) is 22.1 Å². The van der Waals surface area contributed by atoms with E-state index in [9.17, 15) is 4.39 Å². The number of hydrogen-bond donors (Lipinski definition) is 1. The molecule has 5 rings (SSSR count). The Morgan fingerprint density at radius 1 is 0.667 bits per heavy atom. The lowest BCUT2D eigenvalue weighted by Gasteiger charge is -2.22. The first-order chi connectivity index (χ1) is 13.0. The zero-order chi connectivity index (χ0) is 18.6. The van der Waals surface area contributed by atoms with E-state index >= 15 is 0 Å². The minimum Gasteiger partial charge on any atom is -0.355 e. The zero-order valence-electron chi connectivity index (χ0n) is 15.4. The van der Waals surface area contributed by atoms with E-state index in [4.69, 9.17) is 0 Å². The van der Waals surface area contributed by atoms with Crippen molar-refractivity contribution >= 4 is 22.1 Å². The Morgan fingerprint density at radius 3 is 2.22 bits per heavy atom. The molecule has 0 saturated heterocycles. The van der Waals surface area contributed by atoms with Gasteiger partial charge in [-0.05, 0) is 69.4 Å². The Bertz CT molecular complexity index is 1190. The average Bonchev–Trinajstić information content (AvgIpc) is 2.90. The van der Waals surface area contributed by atoms with Gasteiger partial charge in [-0.1, -0.05) is 56.3 Å². The number of anilines is 2. The molecule has 27 heavy (non-hydrogen) atoms. The van der Waals surface area contributed by atoms with E-state index in [-0.39, 0.29) is 11.2 Å². The number of fused-ring (bicyclic) bond motifs is 4. The maximum Gasteiger partial charge on any atom is 0.123 e.